The number of hydrogen-bond acceptors (Lipinski definition) is 4. The Kier molecular flexibility index (Phi) is 7.20. The van der Waals surface area contributed by atoms with Gasteiger partial charge in [0.05, 0.1) is 5.52 Å². The maximum absolute atomic E-state index is 12.5. The first-order chi connectivity index (χ1) is 15.8. The van der Waals surface area contributed by atoms with Crippen molar-refractivity contribution < 1.29 is 9.59 Å². The molecule has 1 aromatic carbocycles. The average molecular weight is 451 g/mol. The quantitative estimate of drug-likeness (QED) is 0.696. The molecule has 2 fully saturated rings. The number of hydrogen-bond donors (Lipinski definition) is 1. The van der Waals surface area contributed by atoms with E-state index in [1.165, 1.54) is 12.8 Å². The number of anilines is 2. The molecular weight excluding hydrogens is 412 g/mol. The molecule has 3 heterocycles. The van der Waals surface area contributed by atoms with Crippen LogP contribution in [-0.4, -0.2) is 47.9 Å². The third-order valence-electron chi connectivity index (χ3n) is 7.05. The van der Waals surface area contributed by atoms with Crippen LogP contribution in [0, 0.1) is 24.7 Å². The number of pyridine rings is 1. The van der Waals surface area contributed by atoms with Crippen molar-refractivity contribution in [2.75, 3.05) is 36.4 Å². The number of nitrogens with zero attached hydrogens (tertiary/aromatic N) is 3. The zero-order chi connectivity index (χ0) is 23.5. The average Bonchev–Trinajstić information content (AvgIpc) is 2.77. The molecule has 6 nitrogen and oxygen atoms in total. The van der Waals surface area contributed by atoms with Gasteiger partial charge in [-0.2, -0.15) is 0 Å². The van der Waals surface area contributed by atoms with Gasteiger partial charge in [0.25, 0.3) is 0 Å². The Labute approximate surface area is 197 Å². The SMILES string of the molecule is Cc1cc(N2C[C@H](C)C[C@H](C)C2)nc2ccc(NC(=O)CCC(=O)N3CCC[C@@H](C)C3)cc12. The Morgan fingerprint density at radius 3 is 2.52 bits per heavy atom. The van der Waals surface area contributed by atoms with Gasteiger partial charge in [0.15, 0.2) is 0 Å². The lowest BCUT2D eigenvalue weighted by atomic mass is 9.92. The largest absolute Gasteiger partial charge is 0.356 e. The zero-order valence-electron chi connectivity index (χ0n) is 20.6. The number of rotatable bonds is 5. The van der Waals surface area contributed by atoms with Crippen molar-refractivity contribution in [1.29, 1.82) is 0 Å². The van der Waals surface area contributed by atoms with E-state index in [1.54, 1.807) is 0 Å². The summed E-state index contributed by atoms with van der Waals surface area (Å²) in [4.78, 5) is 34.2. The number of carbonyl (C=O) groups is 2. The highest BCUT2D eigenvalue weighted by molar-refractivity contribution is 5.96. The van der Waals surface area contributed by atoms with Crippen molar-refractivity contribution in [2.45, 2.75) is 59.8 Å². The Morgan fingerprint density at radius 1 is 1.03 bits per heavy atom. The molecule has 6 heteroatoms. The normalized spacial score (nSPS) is 23.6. The van der Waals surface area contributed by atoms with Crippen LogP contribution in [0.25, 0.3) is 10.9 Å². The van der Waals surface area contributed by atoms with E-state index in [-0.39, 0.29) is 24.7 Å². The van der Waals surface area contributed by atoms with Gasteiger partial charge in [-0.05, 0) is 73.8 Å². The van der Waals surface area contributed by atoms with Crippen LogP contribution < -0.4 is 10.2 Å². The molecule has 3 atom stereocenters. The highest BCUT2D eigenvalue weighted by Crippen LogP contribution is 2.29. The van der Waals surface area contributed by atoms with Crippen LogP contribution in [-0.2, 0) is 9.59 Å². The minimum atomic E-state index is -0.119. The second kappa shape index (κ2) is 10.1. The highest BCUT2D eigenvalue weighted by atomic mass is 16.2. The molecule has 0 radical (unpaired) electrons. The minimum absolute atomic E-state index is 0.0872. The van der Waals surface area contributed by atoms with E-state index in [0.29, 0.717) is 17.8 Å². The summed E-state index contributed by atoms with van der Waals surface area (Å²) in [6.07, 6.45) is 3.99. The first-order valence-electron chi connectivity index (χ1n) is 12.5. The van der Waals surface area contributed by atoms with E-state index in [1.807, 2.05) is 23.1 Å². The van der Waals surface area contributed by atoms with E-state index in [4.69, 9.17) is 4.98 Å². The smallest absolute Gasteiger partial charge is 0.224 e. The Morgan fingerprint density at radius 2 is 1.79 bits per heavy atom. The molecule has 4 rings (SSSR count). The number of fused-ring (bicyclic) bond motifs is 1. The Hall–Kier alpha value is -2.63. The number of piperidine rings is 2. The van der Waals surface area contributed by atoms with Crippen LogP contribution in [0.15, 0.2) is 24.3 Å². The summed E-state index contributed by atoms with van der Waals surface area (Å²) in [5.41, 5.74) is 2.86. The van der Waals surface area contributed by atoms with Crippen LogP contribution in [0.1, 0.15) is 58.4 Å². The van der Waals surface area contributed by atoms with Gasteiger partial charge in [-0.15, -0.1) is 0 Å². The topological polar surface area (TPSA) is 65.5 Å². The molecule has 0 unspecified atom stereocenters. The number of nitrogens with one attached hydrogen (secondary N) is 1. The number of aryl methyl sites for hydroxylation is 1. The molecule has 0 saturated carbocycles. The van der Waals surface area contributed by atoms with Gasteiger partial charge in [-0.1, -0.05) is 20.8 Å². The highest BCUT2D eigenvalue weighted by Gasteiger charge is 2.24. The van der Waals surface area contributed by atoms with E-state index >= 15 is 0 Å². The van der Waals surface area contributed by atoms with Crippen LogP contribution in [0.4, 0.5) is 11.5 Å². The lowest BCUT2D eigenvalue weighted by molar-refractivity contribution is -0.134. The Balaban J connectivity index is 1.39. The molecule has 2 amide bonds. The minimum Gasteiger partial charge on any atom is -0.356 e. The van der Waals surface area contributed by atoms with Crippen LogP contribution in [0.5, 0.6) is 0 Å². The van der Waals surface area contributed by atoms with Crippen molar-refractivity contribution in [3.8, 4) is 0 Å². The maximum Gasteiger partial charge on any atom is 0.224 e. The first kappa shape index (κ1) is 23.5. The van der Waals surface area contributed by atoms with E-state index in [2.05, 4.69) is 44.0 Å². The Bertz CT molecular complexity index is 1010. The summed E-state index contributed by atoms with van der Waals surface area (Å²) in [7, 11) is 0. The van der Waals surface area contributed by atoms with E-state index in [0.717, 1.165) is 60.6 Å². The summed E-state index contributed by atoms with van der Waals surface area (Å²) in [6.45, 7) is 12.6. The fourth-order valence-corrected chi connectivity index (χ4v) is 5.48. The zero-order valence-corrected chi connectivity index (χ0v) is 20.6. The predicted molar refractivity (Wildman–Crippen MR) is 134 cm³/mol. The van der Waals surface area contributed by atoms with Crippen LogP contribution in [0.2, 0.25) is 0 Å². The second-order valence-corrected chi connectivity index (χ2v) is 10.5. The van der Waals surface area contributed by atoms with Crippen LogP contribution >= 0.6 is 0 Å². The molecule has 1 N–H and O–H groups in total. The van der Waals surface area contributed by atoms with Gasteiger partial charge < -0.3 is 15.1 Å². The van der Waals surface area contributed by atoms with Gasteiger partial charge in [-0.25, -0.2) is 4.98 Å². The summed E-state index contributed by atoms with van der Waals surface area (Å²) in [5.74, 6) is 2.91. The monoisotopic (exact) mass is 450 g/mol. The number of amides is 2. The van der Waals surface area contributed by atoms with Crippen molar-refractivity contribution in [3.63, 3.8) is 0 Å². The number of likely N-dealkylation sites (tertiary alicyclic amines) is 1. The molecule has 2 aliphatic rings. The molecular formula is C27H38N4O2. The molecule has 2 aromatic rings. The molecule has 178 valence electrons. The fraction of sp³-hybridized carbons (Fsp3) is 0.593. The van der Waals surface area contributed by atoms with Crippen molar-refractivity contribution in [2.24, 2.45) is 17.8 Å². The molecule has 0 bridgehead atoms. The van der Waals surface area contributed by atoms with Gasteiger partial charge in [0, 0.05) is 50.1 Å². The molecule has 1 aromatic heterocycles. The molecule has 2 aliphatic heterocycles. The first-order valence-corrected chi connectivity index (χ1v) is 12.5. The lowest BCUT2D eigenvalue weighted by Crippen LogP contribution is -2.39. The molecule has 0 aliphatic carbocycles. The summed E-state index contributed by atoms with van der Waals surface area (Å²) in [5, 5.41) is 4.02. The van der Waals surface area contributed by atoms with Gasteiger partial charge in [-0.3, -0.25) is 9.59 Å². The third kappa shape index (κ3) is 5.84. The predicted octanol–water partition coefficient (Wildman–Crippen LogP) is 5.00. The number of benzene rings is 1. The fourth-order valence-electron chi connectivity index (χ4n) is 5.48. The number of aromatic nitrogens is 1. The molecule has 33 heavy (non-hydrogen) atoms. The van der Waals surface area contributed by atoms with Crippen molar-refractivity contribution in [3.05, 3.63) is 29.8 Å². The summed E-state index contributed by atoms with van der Waals surface area (Å²) < 4.78 is 0. The van der Waals surface area contributed by atoms with E-state index in [9.17, 15) is 9.59 Å². The van der Waals surface area contributed by atoms with Crippen LogP contribution in [0.3, 0.4) is 0 Å². The van der Waals surface area contributed by atoms with Crippen molar-refractivity contribution >= 4 is 34.2 Å². The second-order valence-electron chi connectivity index (χ2n) is 10.5. The third-order valence-corrected chi connectivity index (χ3v) is 7.05. The van der Waals surface area contributed by atoms with Gasteiger partial charge in [0.2, 0.25) is 11.8 Å². The standard InChI is InChI=1S/C27H38N4O2/c1-18-6-5-11-30(15-18)27(33)10-9-26(32)28-22-7-8-24-23(14-22)21(4)13-25(29-24)31-16-19(2)12-20(3)17-31/h7-8,13-14,18-20H,5-6,9-12,15-17H2,1-4H3,(H,28,32)/t18-,19-,20+/m1/s1. The van der Waals surface area contributed by atoms with Gasteiger partial charge >= 0.3 is 0 Å². The maximum atomic E-state index is 12.5. The number of carbonyl (C=O) groups excluding carboxylic acids is 2. The molecule has 2 saturated heterocycles. The van der Waals surface area contributed by atoms with Gasteiger partial charge in [0.1, 0.15) is 5.82 Å². The van der Waals surface area contributed by atoms with Crippen molar-refractivity contribution in [1.82, 2.24) is 9.88 Å². The summed E-state index contributed by atoms with van der Waals surface area (Å²) in [6, 6.07) is 8.05. The lowest BCUT2D eigenvalue weighted by Gasteiger charge is -2.36. The summed E-state index contributed by atoms with van der Waals surface area (Å²) >= 11 is 0. The van der Waals surface area contributed by atoms with E-state index < -0.39 is 0 Å². The molecule has 0 spiro atoms.